The molecule has 2 aromatic heterocycles. The van der Waals surface area contributed by atoms with E-state index in [1.807, 2.05) is 55.5 Å². The Balaban J connectivity index is 1.41. The van der Waals surface area contributed by atoms with Gasteiger partial charge in [-0.15, -0.1) is 0 Å². The van der Waals surface area contributed by atoms with Gasteiger partial charge in [-0.05, 0) is 56.2 Å². The zero-order chi connectivity index (χ0) is 20.1. The number of hydrogen-bond donors (Lipinski definition) is 3. The molecule has 3 heterocycles. The van der Waals surface area contributed by atoms with Crippen LogP contribution in [0.25, 0.3) is 0 Å². The van der Waals surface area contributed by atoms with Gasteiger partial charge in [0.2, 0.25) is 0 Å². The third kappa shape index (κ3) is 5.05. The van der Waals surface area contributed by atoms with Crippen LogP contribution >= 0.6 is 0 Å². The summed E-state index contributed by atoms with van der Waals surface area (Å²) < 4.78 is 5.41. The monoisotopic (exact) mass is 390 g/mol. The predicted molar refractivity (Wildman–Crippen MR) is 112 cm³/mol. The van der Waals surface area contributed by atoms with Crippen molar-refractivity contribution in [1.29, 1.82) is 0 Å². The number of amides is 1. The lowest BCUT2D eigenvalue weighted by Crippen LogP contribution is -2.26. The molecule has 1 atom stereocenters. The summed E-state index contributed by atoms with van der Waals surface area (Å²) in [6, 6.07) is 14.9. The Bertz CT molecular complexity index is 972. The molecule has 3 aromatic rings. The maximum Gasteiger partial charge on any atom is 0.253 e. The smallest absolute Gasteiger partial charge is 0.253 e. The summed E-state index contributed by atoms with van der Waals surface area (Å²) >= 11 is 0. The van der Waals surface area contributed by atoms with E-state index >= 15 is 0 Å². The maximum absolute atomic E-state index is 12.1. The second-order valence-electron chi connectivity index (χ2n) is 6.72. The van der Waals surface area contributed by atoms with E-state index in [1.54, 1.807) is 6.20 Å². The Labute approximate surface area is 168 Å². The summed E-state index contributed by atoms with van der Waals surface area (Å²) in [5, 5.41) is 9.31. The molecule has 0 spiro atoms. The van der Waals surface area contributed by atoms with E-state index in [0.29, 0.717) is 29.9 Å². The van der Waals surface area contributed by atoms with E-state index in [4.69, 9.17) is 4.74 Å². The molecule has 1 aromatic carbocycles. The number of carbonyl (C=O) groups excluding carboxylic acids is 1. The minimum absolute atomic E-state index is 0.0973. The van der Waals surface area contributed by atoms with Gasteiger partial charge in [-0.1, -0.05) is 6.07 Å². The molecule has 1 amide bonds. The van der Waals surface area contributed by atoms with E-state index in [1.165, 1.54) is 0 Å². The largest absolute Gasteiger partial charge is 0.368 e. The van der Waals surface area contributed by atoms with Crippen molar-refractivity contribution in [3.05, 3.63) is 60.6 Å². The highest BCUT2D eigenvalue weighted by Crippen LogP contribution is 2.22. The Morgan fingerprint density at radius 1 is 1.00 bits per heavy atom. The molecular weight excluding hydrogens is 368 g/mol. The molecule has 0 aliphatic carbocycles. The van der Waals surface area contributed by atoms with Crippen LogP contribution in [0.15, 0.2) is 54.7 Å². The van der Waals surface area contributed by atoms with Crippen LogP contribution in [0.1, 0.15) is 18.7 Å². The van der Waals surface area contributed by atoms with Crippen LogP contribution in [0.5, 0.6) is 0 Å². The van der Waals surface area contributed by atoms with Crippen LogP contribution in [-0.2, 0) is 9.53 Å². The van der Waals surface area contributed by atoms with Crippen LogP contribution in [0.2, 0.25) is 0 Å². The number of pyridine rings is 1. The minimum atomic E-state index is -0.346. The van der Waals surface area contributed by atoms with E-state index in [-0.39, 0.29) is 12.0 Å². The first-order valence-corrected chi connectivity index (χ1v) is 9.49. The number of rotatable bonds is 6. The Hall–Kier alpha value is -3.52. The van der Waals surface area contributed by atoms with Gasteiger partial charge in [0, 0.05) is 30.2 Å². The third-order valence-corrected chi connectivity index (χ3v) is 4.41. The zero-order valence-electron chi connectivity index (χ0n) is 16.1. The predicted octanol–water partition coefficient (Wildman–Crippen LogP) is 3.78. The second-order valence-corrected chi connectivity index (χ2v) is 6.72. The quantitative estimate of drug-likeness (QED) is 0.589. The summed E-state index contributed by atoms with van der Waals surface area (Å²) in [5.74, 6) is 2.56. The van der Waals surface area contributed by atoms with Crippen molar-refractivity contribution in [2.24, 2.45) is 0 Å². The van der Waals surface area contributed by atoms with Gasteiger partial charge in [-0.2, -0.15) is 0 Å². The van der Waals surface area contributed by atoms with E-state index < -0.39 is 0 Å². The lowest BCUT2D eigenvalue weighted by molar-refractivity contribution is -0.124. The minimum Gasteiger partial charge on any atom is -0.368 e. The molecule has 8 nitrogen and oxygen atoms in total. The number of aryl methyl sites for hydroxylation is 1. The number of benzene rings is 1. The van der Waals surface area contributed by atoms with E-state index in [2.05, 4.69) is 30.9 Å². The van der Waals surface area contributed by atoms with Crippen LogP contribution in [-0.4, -0.2) is 33.6 Å². The summed E-state index contributed by atoms with van der Waals surface area (Å²) in [6.45, 7) is 2.48. The SMILES string of the molecule is Cc1nc(Nc2ccc(NC(=O)C3CCCO3)cc2)cc(Nc2ccccn2)n1. The molecule has 1 fully saturated rings. The Morgan fingerprint density at radius 2 is 1.76 bits per heavy atom. The van der Waals surface area contributed by atoms with Crippen LogP contribution in [0, 0.1) is 6.92 Å². The van der Waals surface area contributed by atoms with Crippen molar-refractivity contribution in [3.8, 4) is 0 Å². The number of aromatic nitrogens is 3. The van der Waals surface area contributed by atoms with Crippen molar-refractivity contribution in [2.75, 3.05) is 22.6 Å². The van der Waals surface area contributed by atoms with Crippen molar-refractivity contribution < 1.29 is 9.53 Å². The molecule has 148 valence electrons. The second kappa shape index (κ2) is 8.66. The number of nitrogens with one attached hydrogen (secondary N) is 3. The maximum atomic E-state index is 12.1. The van der Waals surface area contributed by atoms with Crippen LogP contribution in [0.4, 0.5) is 28.8 Å². The standard InChI is InChI=1S/C21H22N6O2/c1-14-23-19(13-20(24-14)27-18-6-2-3-11-22-18)25-15-7-9-16(10-8-15)26-21(28)17-5-4-12-29-17/h2-3,6-11,13,17H,4-5,12H2,1H3,(H,26,28)(H2,22,23,24,25,27). The van der Waals surface area contributed by atoms with Crippen LogP contribution < -0.4 is 16.0 Å². The Morgan fingerprint density at radius 3 is 2.45 bits per heavy atom. The molecule has 29 heavy (non-hydrogen) atoms. The first-order valence-electron chi connectivity index (χ1n) is 9.49. The molecule has 1 saturated heterocycles. The zero-order valence-corrected chi connectivity index (χ0v) is 16.1. The molecule has 1 unspecified atom stereocenters. The molecular formula is C21H22N6O2. The molecule has 1 aliphatic rings. The van der Waals surface area contributed by atoms with Crippen molar-refractivity contribution in [3.63, 3.8) is 0 Å². The van der Waals surface area contributed by atoms with Gasteiger partial charge in [0.05, 0.1) is 0 Å². The van der Waals surface area contributed by atoms with Crippen molar-refractivity contribution >= 4 is 34.7 Å². The molecule has 0 bridgehead atoms. The summed E-state index contributed by atoms with van der Waals surface area (Å²) in [6.07, 6.45) is 3.07. The lowest BCUT2D eigenvalue weighted by Gasteiger charge is -2.12. The topological polar surface area (TPSA) is 101 Å². The number of carbonyl (C=O) groups is 1. The molecule has 0 radical (unpaired) electrons. The van der Waals surface area contributed by atoms with E-state index in [9.17, 15) is 4.79 Å². The van der Waals surface area contributed by atoms with Crippen molar-refractivity contribution in [2.45, 2.75) is 25.9 Å². The number of hydrogen-bond acceptors (Lipinski definition) is 7. The number of anilines is 5. The highest BCUT2D eigenvalue weighted by atomic mass is 16.5. The van der Waals surface area contributed by atoms with Gasteiger partial charge in [0.25, 0.3) is 5.91 Å². The lowest BCUT2D eigenvalue weighted by atomic mass is 10.2. The third-order valence-electron chi connectivity index (χ3n) is 4.41. The summed E-state index contributed by atoms with van der Waals surface area (Å²) in [5.41, 5.74) is 1.58. The fourth-order valence-corrected chi connectivity index (χ4v) is 3.06. The van der Waals surface area contributed by atoms with Crippen molar-refractivity contribution in [1.82, 2.24) is 15.0 Å². The first kappa shape index (κ1) is 18.8. The molecule has 3 N–H and O–H groups in total. The molecule has 4 rings (SSSR count). The van der Waals surface area contributed by atoms with E-state index in [0.717, 1.165) is 24.2 Å². The van der Waals surface area contributed by atoms with Gasteiger partial charge in [-0.3, -0.25) is 4.79 Å². The fraction of sp³-hybridized carbons (Fsp3) is 0.238. The van der Waals surface area contributed by atoms with Gasteiger partial charge in [0.1, 0.15) is 29.4 Å². The number of nitrogens with zero attached hydrogens (tertiary/aromatic N) is 3. The first-order chi connectivity index (χ1) is 14.2. The molecule has 1 aliphatic heterocycles. The summed E-state index contributed by atoms with van der Waals surface area (Å²) in [4.78, 5) is 25.2. The highest BCUT2D eigenvalue weighted by molar-refractivity contribution is 5.94. The molecule has 8 heteroatoms. The number of ether oxygens (including phenoxy) is 1. The van der Waals surface area contributed by atoms with Gasteiger partial charge >= 0.3 is 0 Å². The molecule has 0 saturated carbocycles. The summed E-state index contributed by atoms with van der Waals surface area (Å²) in [7, 11) is 0. The highest BCUT2D eigenvalue weighted by Gasteiger charge is 2.23. The fourth-order valence-electron chi connectivity index (χ4n) is 3.06. The van der Waals surface area contributed by atoms with Gasteiger partial charge < -0.3 is 20.7 Å². The average Bonchev–Trinajstić information content (AvgIpc) is 3.25. The van der Waals surface area contributed by atoms with Gasteiger partial charge in [0.15, 0.2) is 0 Å². The van der Waals surface area contributed by atoms with Gasteiger partial charge in [-0.25, -0.2) is 15.0 Å². The normalized spacial score (nSPS) is 15.7. The average molecular weight is 390 g/mol. The Kier molecular flexibility index (Phi) is 5.62. The van der Waals surface area contributed by atoms with Crippen LogP contribution in [0.3, 0.4) is 0 Å².